The fraction of sp³-hybridized carbons (Fsp3) is 0.0323. The van der Waals surface area contributed by atoms with Crippen LogP contribution in [0.15, 0.2) is 253 Å². The number of anilines is 3. The maximum atomic E-state index is 7.04. The Morgan fingerprint density at radius 1 is 0.297 bits per heavy atom. The Kier molecular flexibility index (Phi) is 8.07. The highest BCUT2D eigenvalue weighted by atomic mass is 16.3. The molecule has 0 radical (unpaired) electrons. The van der Waals surface area contributed by atoms with Gasteiger partial charge in [-0.3, -0.25) is 0 Å². The SMILES string of the molecule is c1ccc(N(c2ccc3c(c2)oc2cc(C4(c5ccccc5)c5ccccc5-c5ccccc54)ccc23)c2cccc3c2-c2ccccc2C3(c2ccccc2)c2ccccc2)cc1. The van der Waals surface area contributed by atoms with E-state index in [0.717, 1.165) is 39.0 Å². The zero-order chi connectivity index (χ0) is 42.2. The number of benzene rings is 10. The van der Waals surface area contributed by atoms with Crippen molar-refractivity contribution in [2.75, 3.05) is 4.90 Å². The first-order chi connectivity index (χ1) is 31.8. The smallest absolute Gasteiger partial charge is 0.137 e. The maximum Gasteiger partial charge on any atom is 0.137 e. The molecule has 0 aliphatic heterocycles. The number of nitrogens with zero attached hydrogens (tertiary/aromatic N) is 1. The van der Waals surface area contributed by atoms with Gasteiger partial charge in [-0.15, -0.1) is 0 Å². The van der Waals surface area contributed by atoms with Crippen molar-refractivity contribution in [3.8, 4) is 22.3 Å². The molecule has 0 saturated carbocycles. The van der Waals surface area contributed by atoms with Gasteiger partial charge in [0.15, 0.2) is 0 Å². The average Bonchev–Trinajstić information content (AvgIpc) is 4.00. The van der Waals surface area contributed by atoms with Gasteiger partial charge in [0.1, 0.15) is 11.2 Å². The number of fused-ring (bicyclic) bond motifs is 9. The summed E-state index contributed by atoms with van der Waals surface area (Å²) in [7, 11) is 0. The van der Waals surface area contributed by atoms with Crippen LogP contribution in [0.2, 0.25) is 0 Å². The number of furan rings is 1. The second kappa shape index (κ2) is 14.2. The molecule has 1 heterocycles. The van der Waals surface area contributed by atoms with E-state index in [1.807, 2.05) is 0 Å². The molecule has 2 aliphatic carbocycles. The molecule has 1 aromatic heterocycles. The van der Waals surface area contributed by atoms with Crippen molar-refractivity contribution >= 4 is 39.0 Å². The fourth-order valence-corrected chi connectivity index (χ4v) is 11.5. The van der Waals surface area contributed by atoms with Crippen LogP contribution in [0.25, 0.3) is 44.2 Å². The lowest BCUT2D eigenvalue weighted by Gasteiger charge is -2.34. The van der Waals surface area contributed by atoms with Gasteiger partial charge < -0.3 is 9.32 Å². The van der Waals surface area contributed by atoms with E-state index in [4.69, 9.17) is 4.42 Å². The molecular formula is C62H41NO. The summed E-state index contributed by atoms with van der Waals surface area (Å²) in [5.41, 5.74) is 19.0. The summed E-state index contributed by atoms with van der Waals surface area (Å²) in [6.45, 7) is 0. The Labute approximate surface area is 373 Å². The van der Waals surface area contributed by atoms with Crippen molar-refractivity contribution < 1.29 is 4.42 Å². The maximum absolute atomic E-state index is 7.04. The lowest BCUT2D eigenvalue weighted by molar-refractivity contribution is 0.665. The molecule has 10 aromatic carbocycles. The summed E-state index contributed by atoms with van der Waals surface area (Å²) in [4.78, 5) is 2.41. The van der Waals surface area contributed by atoms with E-state index >= 15 is 0 Å². The normalized spacial score (nSPS) is 13.9. The minimum atomic E-state index is -0.509. The molecule has 0 bridgehead atoms. The van der Waals surface area contributed by atoms with Gasteiger partial charge in [-0.2, -0.15) is 0 Å². The first kappa shape index (κ1) is 36.5. The second-order valence-corrected chi connectivity index (χ2v) is 17.1. The molecule has 0 N–H and O–H groups in total. The minimum Gasteiger partial charge on any atom is -0.456 e. The van der Waals surface area contributed by atoms with Crippen molar-refractivity contribution in [3.63, 3.8) is 0 Å². The molecule has 0 amide bonds. The molecule has 0 spiro atoms. The highest BCUT2D eigenvalue weighted by Gasteiger charge is 2.48. The van der Waals surface area contributed by atoms with Crippen LogP contribution in [0.5, 0.6) is 0 Å². The van der Waals surface area contributed by atoms with Crippen LogP contribution in [0.4, 0.5) is 17.1 Å². The van der Waals surface area contributed by atoms with E-state index < -0.39 is 10.8 Å². The Bertz CT molecular complexity index is 3470. The first-order valence-electron chi connectivity index (χ1n) is 22.2. The van der Waals surface area contributed by atoms with Gasteiger partial charge in [-0.1, -0.05) is 206 Å². The second-order valence-electron chi connectivity index (χ2n) is 17.1. The average molecular weight is 816 g/mol. The van der Waals surface area contributed by atoms with E-state index in [1.165, 1.54) is 66.8 Å². The number of para-hydroxylation sites is 1. The van der Waals surface area contributed by atoms with Crippen LogP contribution in [0, 0.1) is 0 Å². The third-order valence-corrected chi connectivity index (χ3v) is 14.0. The van der Waals surface area contributed by atoms with Gasteiger partial charge in [0.25, 0.3) is 0 Å². The highest BCUT2D eigenvalue weighted by Crippen LogP contribution is 2.60. The minimum absolute atomic E-state index is 0.504. The highest BCUT2D eigenvalue weighted by molar-refractivity contribution is 6.07. The van der Waals surface area contributed by atoms with Crippen molar-refractivity contribution in [1.29, 1.82) is 0 Å². The summed E-state index contributed by atoms with van der Waals surface area (Å²) in [6.07, 6.45) is 0. The van der Waals surface area contributed by atoms with Crippen LogP contribution >= 0.6 is 0 Å². The van der Waals surface area contributed by atoms with Gasteiger partial charge in [0.05, 0.1) is 16.5 Å². The molecule has 2 nitrogen and oxygen atoms in total. The number of hydrogen-bond acceptors (Lipinski definition) is 2. The summed E-state index contributed by atoms with van der Waals surface area (Å²) in [6, 6.07) is 91.0. The van der Waals surface area contributed by atoms with Crippen LogP contribution in [-0.2, 0) is 10.8 Å². The summed E-state index contributed by atoms with van der Waals surface area (Å²) >= 11 is 0. The summed E-state index contributed by atoms with van der Waals surface area (Å²) in [5, 5.41) is 2.19. The molecule has 0 atom stereocenters. The predicted octanol–water partition coefficient (Wildman–Crippen LogP) is 15.8. The lowest BCUT2D eigenvalue weighted by Crippen LogP contribution is -2.28. The van der Waals surface area contributed by atoms with E-state index in [0.29, 0.717) is 0 Å². The first-order valence-corrected chi connectivity index (χ1v) is 22.2. The van der Waals surface area contributed by atoms with Gasteiger partial charge in [0.2, 0.25) is 0 Å². The third kappa shape index (κ3) is 5.02. The monoisotopic (exact) mass is 815 g/mol. The summed E-state index contributed by atoms with van der Waals surface area (Å²) < 4.78 is 7.04. The van der Waals surface area contributed by atoms with Crippen molar-refractivity contribution in [2.45, 2.75) is 10.8 Å². The Balaban J connectivity index is 1.02. The number of rotatable bonds is 7. The van der Waals surface area contributed by atoms with Crippen molar-refractivity contribution in [2.24, 2.45) is 0 Å². The molecule has 2 heteroatoms. The van der Waals surface area contributed by atoms with Crippen LogP contribution in [0.1, 0.15) is 44.5 Å². The third-order valence-electron chi connectivity index (χ3n) is 14.0. The largest absolute Gasteiger partial charge is 0.456 e. The molecule has 13 rings (SSSR count). The zero-order valence-corrected chi connectivity index (χ0v) is 35.0. The molecule has 0 fully saturated rings. The van der Waals surface area contributed by atoms with Gasteiger partial charge in [-0.25, -0.2) is 0 Å². The quantitative estimate of drug-likeness (QED) is 0.159. The Morgan fingerprint density at radius 2 is 0.734 bits per heavy atom. The molecular weight excluding hydrogens is 775 g/mol. The van der Waals surface area contributed by atoms with Gasteiger partial charge in [0, 0.05) is 33.8 Å². The molecule has 64 heavy (non-hydrogen) atoms. The van der Waals surface area contributed by atoms with E-state index in [2.05, 4.69) is 254 Å². The Morgan fingerprint density at radius 3 is 1.31 bits per heavy atom. The van der Waals surface area contributed by atoms with Crippen molar-refractivity contribution in [1.82, 2.24) is 0 Å². The van der Waals surface area contributed by atoms with Crippen LogP contribution in [-0.4, -0.2) is 0 Å². The van der Waals surface area contributed by atoms with Gasteiger partial charge >= 0.3 is 0 Å². The van der Waals surface area contributed by atoms with E-state index in [9.17, 15) is 0 Å². The van der Waals surface area contributed by atoms with E-state index in [1.54, 1.807) is 0 Å². The number of hydrogen-bond donors (Lipinski definition) is 0. The molecule has 0 unspecified atom stereocenters. The Hall–Kier alpha value is -8.20. The standard InChI is InChI=1S/C62H41NO/c1-5-20-42(21-6-1)61(43-22-7-2-8-23-43)55-33-18-15-30-52(55)60-56(61)34-19-35-57(60)63(46-26-11-4-12-27-46)47-37-39-51-50-38-36-45(40-58(50)64-59(51)41-47)62(44-24-9-3-10-25-44)53-31-16-13-28-48(53)49-29-14-17-32-54(49)62/h1-41H. The van der Waals surface area contributed by atoms with Crippen molar-refractivity contribution in [3.05, 3.63) is 293 Å². The topological polar surface area (TPSA) is 16.4 Å². The van der Waals surface area contributed by atoms with Crippen LogP contribution < -0.4 is 4.90 Å². The molecule has 0 saturated heterocycles. The fourth-order valence-electron chi connectivity index (χ4n) is 11.5. The molecule has 300 valence electrons. The predicted molar refractivity (Wildman–Crippen MR) is 263 cm³/mol. The van der Waals surface area contributed by atoms with Crippen LogP contribution in [0.3, 0.4) is 0 Å². The molecule has 2 aliphatic rings. The summed E-state index contributed by atoms with van der Waals surface area (Å²) in [5.74, 6) is 0. The van der Waals surface area contributed by atoms with Gasteiger partial charge in [-0.05, 0) is 97.6 Å². The zero-order valence-electron chi connectivity index (χ0n) is 35.0. The lowest BCUT2D eigenvalue weighted by atomic mass is 9.67. The molecule has 11 aromatic rings. The van der Waals surface area contributed by atoms with E-state index in [-0.39, 0.29) is 0 Å².